The van der Waals surface area contributed by atoms with Gasteiger partial charge in [-0.25, -0.2) is 0 Å². The lowest BCUT2D eigenvalue weighted by Gasteiger charge is -2.25. The number of carbonyl (C=O) groups is 2. The topological polar surface area (TPSA) is 76.1 Å². The van der Waals surface area contributed by atoms with Gasteiger partial charge in [0.05, 0.1) is 24.8 Å². The molecular weight excluding hydrogens is 418 g/mol. The van der Waals surface area contributed by atoms with Gasteiger partial charge in [-0.2, -0.15) is 0 Å². The van der Waals surface area contributed by atoms with Gasteiger partial charge in [0.25, 0.3) is 11.7 Å². The van der Waals surface area contributed by atoms with Crippen LogP contribution < -0.4 is 14.4 Å². The van der Waals surface area contributed by atoms with Crippen LogP contribution in [0.25, 0.3) is 5.76 Å². The number of rotatable bonds is 6. The molecule has 0 saturated carbocycles. The highest BCUT2D eigenvalue weighted by atomic mass is 16.5. The molecule has 1 amide bonds. The number of carbonyl (C=O) groups excluding carboxylic acids is 2. The number of aliphatic hydroxyl groups excluding tert-OH is 1. The molecule has 0 aliphatic carbocycles. The molecule has 0 radical (unpaired) electrons. The Labute approximate surface area is 192 Å². The first-order valence-corrected chi connectivity index (χ1v) is 10.7. The van der Waals surface area contributed by atoms with Crippen LogP contribution in [0.2, 0.25) is 0 Å². The van der Waals surface area contributed by atoms with E-state index < -0.39 is 17.7 Å². The van der Waals surface area contributed by atoms with Gasteiger partial charge in [0.2, 0.25) is 0 Å². The standard InChI is InChI=1S/C27H25NO5/c1-17(2)33-22-13-9-19(10-14-22)25(29)23-24(18-7-5-4-6-8-18)28(27(31)26(23)30)20-11-15-21(32-3)16-12-20/h4-17,24,29H,1-3H3/b25-23+. The van der Waals surface area contributed by atoms with E-state index in [9.17, 15) is 14.7 Å². The average molecular weight is 443 g/mol. The van der Waals surface area contributed by atoms with E-state index in [1.54, 1.807) is 55.6 Å². The van der Waals surface area contributed by atoms with Crippen LogP contribution in [0.5, 0.6) is 11.5 Å². The molecule has 0 aromatic heterocycles. The van der Waals surface area contributed by atoms with E-state index in [0.717, 1.165) is 0 Å². The van der Waals surface area contributed by atoms with E-state index in [1.807, 2.05) is 44.2 Å². The van der Waals surface area contributed by atoms with Gasteiger partial charge in [-0.1, -0.05) is 30.3 Å². The summed E-state index contributed by atoms with van der Waals surface area (Å²) in [5.41, 5.74) is 1.72. The van der Waals surface area contributed by atoms with Crippen molar-refractivity contribution in [2.75, 3.05) is 12.0 Å². The second-order valence-corrected chi connectivity index (χ2v) is 7.97. The third-order valence-corrected chi connectivity index (χ3v) is 5.41. The van der Waals surface area contributed by atoms with Crippen molar-refractivity contribution in [3.63, 3.8) is 0 Å². The Morgan fingerprint density at radius 2 is 1.48 bits per heavy atom. The zero-order valence-electron chi connectivity index (χ0n) is 18.7. The third kappa shape index (κ3) is 4.32. The van der Waals surface area contributed by atoms with Crippen LogP contribution >= 0.6 is 0 Å². The Kier molecular flexibility index (Phi) is 6.18. The number of benzene rings is 3. The van der Waals surface area contributed by atoms with Gasteiger partial charge in [0.1, 0.15) is 17.3 Å². The van der Waals surface area contributed by atoms with E-state index in [2.05, 4.69) is 0 Å². The Morgan fingerprint density at radius 3 is 2.06 bits per heavy atom. The molecule has 1 aliphatic rings. The number of aliphatic hydroxyl groups is 1. The number of hydrogen-bond acceptors (Lipinski definition) is 5. The molecule has 1 heterocycles. The van der Waals surface area contributed by atoms with E-state index in [1.165, 1.54) is 4.90 Å². The number of hydrogen-bond donors (Lipinski definition) is 1. The summed E-state index contributed by atoms with van der Waals surface area (Å²) in [4.78, 5) is 27.7. The number of nitrogens with zero attached hydrogens (tertiary/aromatic N) is 1. The minimum Gasteiger partial charge on any atom is -0.507 e. The van der Waals surface area contributed by atoms with E-state index in [0.29, 0.717) is 28.3 Å². The SMILES string of the molecule is COc1ccc(N2C(=O)C(=O)/C(=C(/O)c3ccc(OC(C)C)cc3)C2c2ccccc2)cc1. The predicted molar refractivity (Wildman–Crippen MR) is 126 cm³/mol. The molecule has 3 aromatic carbocycles. The normalized spacial score (nSPS) is 17.5. The molecule has 0 spiro atoms. The molecule has 1 unspecified atom stereocenters. The van der Waals surface area contributed by atoms with Gasteiger partial charge >= 0.3 is 0 Å². The summed E-state index contributed by atoms with van der Waals surface area (Å²) in [6, 6.07) is 22.1. The largest absolute Gasteiger partial charge is 0.507 e. The van der Waals surface area contributed by atoms with Crippen LogP contribution in [-0.2, 0) is 9.59 Å². The monoisotopic (exact) mass is 443 g/mol. The van der Waals surface area contributed by atoms with Crippen molar-refractivity contribution in [1.82, 2.24) is 0 Å². The van der Waals surface area contributed by atoms with Gasteiger partial charge in [-0.3, -0.25) is 14.5 Å². The first kappa shape index (κ1) is 22.1. The first-order chi connectivity index (χ1) is 15.9. The molecule has 1 N–H and O–H groups in total. The zero-order chi connectivity index (χ0) is 23.5. The van der Waals surface area contributed by atoms with Crippen LogP contribution in [0, 0.1) is 0 Å². The molecule has 1 saturated heterocycles. The number of methoxy groups -OCH3 is 1. The highest BCUT2D eigenvalue weighted by Gasteiger charge is 2.46. The van der Waals surface area contributed by atoms with E-state index in [4.69, 9.17) is 9.47 Å². The number of ketones is 1. The van der Waals surface area contributed by atoms with Gasteiger partial charge in [-0.05, 0) is 67.9 Å². The maximum Gasteiger partial charge on any atom is 0.300 e. The van der Waals surface area contributed by atoms with Crippen molar-refractivity contribution in [2.45, 2.75) is 26.0 Å². The Hall–Kier alpha value is -4.06. The molecular formula is C27H25NO5. The van der Waals surface area contributed by atoms with Crippen LogP contribution in [0.15, 0.2) is 84.4 Å². The maximum absolute atomic E-state index is 13.2. The predicted octanol–water partition coefficient (Wildman–Crippen LogP) is 5.11. The van der Waals surface area contributed by atoms with Crippen LogP contribution in [0.1, 0.15) is 31.0 Å². The fraction of sp³-hybridized carbons (Fsp3) is 0.185. The number of amides is 1. The van der Waals surface area contributed by atoms with Crippen LogP contribution in [0.3, 0.4) is 0 Å². The lowest BCUT2D eigenvalue weighted by Crippen LogP contribution is -2.29. The Bertz CT molecular complexity index is 1180. The molecule has 0 bridgehead atoms. The van der Waals surface area contributed by atoms with Gasteiger partial charge < -0.3 is 14.6 Å². The second kappa shape index (κ2) is 9.20. The molecule has 1 fully saturated rings. The summed E-state index contributed by atoms with van der Waals surface area (Å²) in [6.07, 6.45) is 0.0114. The number of Topliss-reactive ketones (excluding diaryl/α,β-unsaturated/α-hetero) is 1. The minimum atomic E-state index is -0.772. The molecule has 1 aliphatic heterocycles. The van der Waals surface area contributed by atoms with Crippen LogP contribution in [-0.4, -0.2) is 30.0 Å². The average Bonchev–Trinajstić information content (AvgIpc) is 3.10. The highest BCUT2D eigenvalue weighted by Crippen LogP contribution is 2.42. The summed E-state index contributed by atoms with van der Waals surface area (Å²) in [6.45, 7) is 3.85. The van der Waals surface area contributed by atoms with Crippen molar-refractivity contribution in [1.29, 1.82) is 0 Å². The molecule has 1 atom stereocenters. The lowest BCUT2D eigenvalue weighted by atomic mass is 9.95. The highest BCUT2D eigenvalue weighted by molar-refractivity contribution is 6.51. The fourth-order valence-electron chi connectivity index (χ4n) is 3.91. The van der Waals surface area contributed by atoms with Crippen molar-refractivity contribution >= 4 is 23.1 Å². The summed E-state index contributed by atoms with van der Waals surface area (Å²) < 4.78 is 10.9. The van der Waals surface area contributed by atoms with E-state index >= 15 is 0 Å². The first-order valence-electron chi connectivity index (χ1n) is 10.7. The smallest absolute Gasteiger partial charge is 0.300 e. The molecule has 3 aromatic rings. The quantitative estimate of drug-likeness (QED) is 0.326. The molecule has 4 rings (SSSR count). The molecule has 6 nitrogen and oxygen atoms in total. The summed E-state index contributed by atoms with van der Waals surface area (Å²) in [7, 11) is 1.56. The van der Waals surface area contributed by atoms with Gasteiger partial charge in [0, 0.05) is 11.3 Å². The van der Waals surface area contributed by atoms with E-state index in [-0.39, 0.29) is 17.4 Å². The lowest BCUT2D eigenvalue weighted by molar-refractivity contribution is -0.132. The number of anilines is 1. The van der Waals surface area contributed by atoms with Crippen molar-refractivity contribution < 1.29 is 24.2 Å². The molecule has 168 valence electrons. The van der Waals surface area contributed by atoms with Crippen molar-refractivity contribution in [2.24, 2.45) is 0 Å². The van der Waals surface area contributed by atoms with Crippen molar-refractivity contribution in [3.05, 3.63) is 95.6 Å². The Morgan fingerprint density at radius 1 is 0.879 bits per heavy atom. The van der Waals surface area contributed by atoms with Gasteiger partial charge in [0.15, 0.2) is 0 Å². The zero-order valence-corrected chi connectivity index (χ0v) is 18.7. The van der Waals surface area contributed by atoms with Crippen LogP contribution in [0.4, 0.5) is 5.69 Å². The fourth-order valence-corrected chi connectivity index (χ4v) is 3.91. The third-order valence-electron chi connectivity index (χ3n) is 5.41. The summed E-state index contributed by atoms with van der Waals surface area (Å²) in [5, 5.41) is 11.2. The summed E-state index contributed by atoms with van der Waals surface area (Å²) in [5.74, 6) is -0.375. The van der Waals surface area contributed by atoms with Gasteiger partial charge in [-0.15, -0.1) is 0 Å². The summed E-state index contributed by atoms with van der Waals surface area (Å²) >= 11 is 0. The maximum atomic E-state index is 13.2. The van der Waals surface area contributed by atoms with Crippen molar-refractivity contribution in [3.8, 4) is 11.5 Å². The molecule has 6 heteroatoms. The molecule has 33 heavy (non-hydrogen) atoms. The Balaban J connectivity index is 1.83. The number of ether oxygens (including phenoxy) is 2. The second-order valence-electron chi connectivity index (χ2n) is 7.97. The minimum absolute atomic E-state index is 0.0114.